The summed E-state index contributed by atoms with van der Waals surface area (Å²) in [6.07, 6.45) is 0. The lowest BCUT2D eigenvalue weighted by Gasteiger charge is -2.43. The van der Waals surface area contributed by atoms with E-state index in [1.54, 1.807) is 0 Å². The molecule has 0 spiro atoms. The number of phosphoric acid groups is 2. The Kier molecular flexibility index (Phi) is 17.2. The summed E-state index contributed by atoms with van der Waals surface area (Å²) < 4.78 is 77.4. The summed E-state index contributed by atoms with van der Waals surface area (Å²) in [5.74, 6) is 0. The van der Waals surface area contributed by atoms with E-state index in [1.165, 1.54) is 0 Å². The van der Waals surface area contributed by atoms with E-state index in [2.05, 4.69) is 0 Å². The maximum absolute atomic E-state index is 18.8. The molecule has 13 heteroatoms. The first-order valence-corrected chi connectivity index (χ1v) is 38.8. The number of rotatable bonds is 22. The van der Waals surface area contributed by atoms with E-state index in [0.29, 0.717) is 0 Å². The highest BCUT2D eigenvalue weighted by Gasteiger charge is 2.62. The molecule has 0 fully saturated rings. The van der Waals surface area contributed by atoms with Crippen molar-refractivity contribution in [3.05, 3.63) is 364 Å². The Hall–Kier alpha value is -8.23. The molecule has 12 aromatic carbocycles. The Morgan fingerprint density at radius 3 is 0.353 bits per heavy atom. The minimum Gasteiger partial charge on any atom is -0.315 e. The van der Waals surface area contributed by atoms with Crippen LogP contribution < -0.4 is 62.2 Å². The molecule has 0 saturated carbocycles. The van der Waals surface area contributed by atoms with Crippen molar-refractivity contribution in [1.82, 2.24) is 0 Å². The molecular weight excluding hydrogens is 1150 g/mol. The molecule has 416 valence electrons. The van der Waals surface area contributed by atoms with E-state index in [4.69, 9.17) is 21.2 Å². The zero-order chi connectivity index (χ0) is 57.9. The first-order valence-electron chi connectivity index (χ1n) is 28.2. The minimum atomic E-state index is -5.64. The smallest absolute Gasteiger partial charge is 0.315 e. The third-order valence-electron chi connectivity index (χ3n) is 15.4. The van der Waals surface area contributed by atoms with Crippen LogP contribution in [0.25, 0.3) is 0 Å². The number of hydrogen-bond donors (Lipinski definition) is 0. The van der Waals surface area contributed by atoms with Gasteiger partial charge in [-0.2, -0.15) is 4.31 Å². The predicted octanol–water partition coefficient (Wildman–Crippen LogP) is 9.95. The molecular formula is C72H60O7P2Si4. The molecule has 85 heavy (non-hydrogen) atoms. The molecule has 0 unspecified atom stereocenters. The summed E-state index contributed by atoms with van der Waals surface area (Å²) in [6, 6.07) is 118. The van der Waals surface area contributed by atoms with Crippen molar-refractivity contribution in [2.75, 3.05) is 0 Å². The monoisotopic (exact) mass is 1210 g/mol. The van der Waals surface area contributed by atoms with Crippen molar-refractivity contribution in [2.45, 2.75) is 0 Å². The van der Waals surface area contributed by atoms with Gasteiger partial charge in [0.25, 0.3) is 0 Å². The van der Waals surface area contributed by atoms with Crippen LogP contribution in [0.1, 0.15) is 0 Å². The van der Waals surface area contributed by atoms with Gasteiger partial charge in [0.2, 0.25) is 0 Å². The largest absolute Gasteiger partial charge is 0.465 e. The van der Waals surface area contributed by atoms with Crippen molar-refractivity contribution in [3.8, 4) is 0 Å². The van der Waals surface area contributed by atoms with E-state index in [1.807, 2.05) is 364 Å². The molecule has 0 aliphatic heterocycles. The summed E-state index contributed by atoms with van der Waals surface area (Å²) in [5.41, 5.74) is 0. The summed E-state index contributed by atoms with van der Waals surface area (Å²) in [5, 5.41) is 8.73. The molecule has 0 saturated heterocycles. The average Bonchev–Trinajstić information content (AvgIpc) is 2.40. The van der Waals surface area contributed by atoms with Gasteiger partial charge in [0.1, 0.15) is 0 Å². The summed E-state index contributed by atoms with van der Waals surface area (Å²) in [4.78, 5) is 0. The Labute approximate surface area is 502 Å². The van der Waals surface area contributed by atoms with Crippen LogP contribution in [0.2, 0.25) is 0 Å². The Morgan fingerprint density at radius 1 is 0.165 bits per heavy atom. The molecule has 12 rings (SSSR count). The van der Waals surface area contributed by atoms with Crippen molar-refractivity contribution >= 4 is 111 Å². The van der Waals surface area contributed by atoms with Gasteiger partial charge in [-0.05, 0) is 62.2 Å². The molecule has 0 radical (unpaired) electrons. The van der Waals surface area contributed by atoms with Gasteiger partial charge >= 0.3 is 48.9 Å². The highest BCUT2D eigenvalue weighted by Crippen LogP contribution is 2.69. The minimum absolute atomic E-state index is 0.728. The predicted molar refractivity (Wildman–Crippen MR) is 357 cm³/mol. The molecule has 0 N–H and O–H groups in total. The van der Waals surface area contributed by atoms with Crippen LogP contribution in [0, 0.1) is 0 Å². The van der Waals surface area contributed by atoms with Gasteiger partial charge in [-0.1, -0.05) is 364 Å². The van der Waals surface area contributed by atoms with Gasteiger partial charge in [0.15, 0.2) is 0 Å². The van der Waals surface area contributed by atoms with Crippen LogP contribution in [0.3, 0.4) is 0 Å². The zero-order valence-corrected chi connectivity index (χ0v) is 52.2. The van der Waals surface area contributed by atoms with Gasteiger partial charge in [0, 0.05) is 0 Å². The molecule has 0 atom stereocenters. The van der Waals surface area contributed by atoms with Crippen molar-refractivity contribution in [3.63, 3.8) is 0 Å². The lowest BCUT2D eigenvalue weighted by Crippen LogP contribution is -2.72. The van der Waals surface area contributed by atoms with Crippen molar-refractivity contribution in [1.29, 1.82) is 0 Å². The molecule has 0 heterocycles. The normalized spacial score (nSPS) is 12.3. The molecule has 0 aliphatic carbocycles. The highest BCUT2D eigenvalue weighted by atomic mass is 31.3. The van der Waals surface area contributed by atoms with Crippen molar-refractivity contribution < 1.29 is 30.3 Å². The number of benzene rings is 12. The average molecular weight is 1210 g/mol. The summed E-state index contributed by atoms with van der Waals surface area (Å²) in [7, 11) is -28.3. The topological polar surface area (TPSA) is 80.3 Å². The SMILES string of the molecule is O=P(O[Si](c1ccccc1)(c1ccccc1)c1ccccc1)(O[Si](c1ccccc1)(c1ccccc1)c1ccccc1)OP(=O)(O[Si](c1ccccc1)(c1ccccc1)c1ccccc1)O[Si](c1ccccc1)(c1ccccc1)c1ccccc1. The molecule has 0 bridgehead atoms. The van der Waals surface area contributed by atoms with Crippen LogP contribution in [0.15, 0.2) is 364 Å². The maximum Gasteiger partial charge on any atom is 0.465 e. The maximum atomic E-state index is 18.8. The third-order valence-corrected chi connectivity index (χ3v) is 38.7. The van der Waals surface area contributed by atoms with E-state index < -0.39 is 48.9 Å². The Morgan fingerprint density at radius 2 is 0.259 bits per heavy atom. The van der Waals surface area contributed by atoms with Gasteiger partial charge in [-0.3, -0.25) is 0 Å². The Bertz CT molecular complexity index is 3220. The molecule has 7 nitrogen and oxygen atoms in total. The first-order chi connectivity index (χ1) is 41.8. The molecule has 12 aromatic rings. The van der Waals surface area contributed by atoms with Crippen LogP contribution in [0.4, 0.5) is 0 Å². The van der Waals surface area contributed by atoms with E-state index in [0.717, 1.165) is 62.2 Å². The van der Waals surface area contributed by atoms with Crippen LogP contribution in [0.5, 0.6) is 0 Å². The fourth-order valence-electron chi connectivity index (χ4n) is 11.6. The molecule has 0 amide bonds. The van der Waals surface area contributed by atoms with Crippen LogP contribution in [-0.2, 0) is 30.3 Å². The molecule has 0 aromatic heterocycles. The number of hydrogen-bond acceptors (Lipinski definition) is 7. The lowest BCUT2D eigenvalue weighted by molar-refractivity contribution is 0.245. The fourth-order valence-corrected chi connectivity index (χ4v) is 37.7. The summed E-state index contributed by atoms with van der Waals surface area (Å²) in [6.45, 7) is 0. The van der Waals surface area contributed by atoms with E-state index >= 15 is 9.13 Å². The van der Waals surface area contributed by atoms with Gasteiger partial charge < -0.3 is 16.9 Å². The van der Waals surface area contributed by atoms with Crippen LogP contribution in [-0.4, -0.2) is 33.3 Å². The van der Waals surface area contributed by atoms with Crippen LogP contribution >= 0.6 is 15.6 Å². The second-order valence-corrected chi connectivity index (χ2v) is 38.2. The highest BCUT2D eigenvalue weighted by molar-refractivity contribution is 7.66. The fraction of sp³-hybridized carbons (Fsp3) is 0. The third kappa shape index (κ3) is 11.4. The second kappa shape index (κ2) is 25.5. The standard InChI is InChI=1S/C72H60O7P2Si4/c73-80(76-82(61-37-13-1-14-38-61,62-39-15-2-16-40-62)63-41-17-3-18-42-63,77-83(64-43-19-4-20-44-64,65-45-21-5-22-46-65)66-47-23-6-24-48-66)75-81(74,78-84(67-49-25-7-26-50-67,68-51-27-8-28-52-68)69-53-29-9-30-54-69)79-85(70-55-31-10-32-56-70,71-57-33-11-34-58-71)72-59-35-12-36-60-72/h1-60H. The van der Waals surface area contributed by atoms with Gasteiger partial charge in [-0.15, -0.1) is 0 Å². The lowest BCUT2D eigenvalue weighted by atomic mass is 10.3. The first kappa shape index (κ1) is 57.2. The zero-order valence-electron chi connectivity index (χ0n) is 46.4. The quantitative estimate of drug-likeness (QED) is 0.0380. The molecule has 0 aliphatic rings. The summed E-state index contributed by atoms with van der Waals surface area (Å²) >= 11 is 0. The van der Waals surface area contributed by atoms with E-state index in [9.17, 15) is 0 Å². The van der Waals surface area contributed by atoms with Gasteiger partial charge in [0.05, 0.1) is 0 Å². The van der Waals surface area contributed by atoms with Gasteiger partial charge in [-0.25, -0.2) is 9.13 Å². The Balaban J connectivity index is 1.23. The van der Waals surface area contributed by atoms with E-state index in [-0.39, 0.29) is 0 Å². The second-order valence-electron chi connectivity index (χ2n) is 20.5. The van der Waals surface area contributed by atoms with Crippen molar-refractivity contribution in [2.24, 2.45) is 0 Å².